The molecular formula is C19H24ClN5O. The summed E-state index contributed by atoms with van der Waals surface area (Å²) in [5.41, 5.74) is 4.36. The monoisotopic (exact) mass is 373 g/mol. The molecule has 1 atom stereocenters. The maximum absolute atomic E-state index is 5.46. The first-order valence-corrected chi connectivity index (χ1v) is 8.81. The topological polar surface area (TPSA) is 68.8 Å². The summed E-state index contributed by atoms with van der Waals surface area (Å²) in [6.45, 7) is 6.95. The number of aromatic nitrogens is 4. The molecule has 0 radical (unpaired) electrons. The van der Waals surface area contributed by atoms with E-state index in [0.29, 0.717) is 11.7 Å². The van der Waals surface area contributed by atoms with Gasteiger partial charge in [0, 0.05) is 17.7 Å². The van der Waals surface area contributed by atoms with Crippen LogP contribution in [0.5, 0.6) is 0 Å². The van der Waals surface area contributed by atoms with E-state index in [9.17, 15) is 0 Å². The van der Waals surface area contributed by atoms with Crippen molar-refractivity contribution in [3.63, 3.8) is 0 Å². The van der Waals surface area contributed by atoms with E-state index in [1.165, 1.54) is 12.0 Å². The highest BCUT2D eigenvalue weighted by atomic mass is 35.5. The molecule has 1 N–H and O–H groups in total. The number of halogens is 1. The van der Waals surface area contributed by atoms with E-state index in [1.54, 1.807) is 0 Å². The normalized spacial score (nSPS) is 16.6. The average molecular weight is 374 g/mol. The van der Waals surface area contributed by atoms with Crippen molar-refractivity contribution in [2.45, 2.75) is 33.2 Å². The van der Waals surface area contributed by atoms with E-state index in [0.717, 1.165) is 48.9 Å². The molecule has 1 aromatic carbocycles. The van der Waals surface area contributed by atoms with Crippen LogP contribution in [0, 0.1) is 19.8 Å². The second kappa shape index (κ2) is 8.01. The Morgan fingerprint density at radius 2 is 2.15 bits per heavy atom. The Bertz CT molecular complexity index is 866. The van der Waals surface area contributed by atoms with Crippen LogP contribution in [0.1, 0.15) is 29.3 Å². The van der Waals surface area contributed by atoms with Crippen molar-refractivity contribution in [3.05, 3.63) is 53.2 Å². The molecule has 0 amide bonds. The highest BCUT2D eigenvalue weighted by molar-refractivity contribution is 5.85. The number of hydrogen-bond acceptors (Lipinski definition) is 5. The average Bonchev–Trinajstić information content (AvgIpc) is 3.32. The zero-order valence-corrected chi connectivity index (χ0v) is 15.9. The predicted molar refractivity (Wildman–Crippen MR) is 102 cm³/mol. The minimum absolute atomic E-state index is 0. The first-order valence-electron chi connectivity index (χ1n) is 8.81. The number of nitrogens with zero attached hydrogens (tertiary/aromatic N) is 4. The van der Waals surface area contributed by atoms with E-state index in [4.69, 9.17) is 4.52 Å². The summed E-state index contributed by atoms with van der Waals surface area (Å²) < 4.78 is 7.47. The predicted octanol–water partition coefficient (Wildman–Crippen LogP) is 3.17. The molecule has 0 spiro atoms. The summed E-state index contributed by atoms with van der Waals surface area (Å²) in [7, 11) is 0. The number of nitrogens with one attached hydrogen (secondary N) is 1. The van der Waals surface area contributed by atoms with Gasteiger partial charge < -0.3 is 9.84 Å². The molecule has 7 heteroatoms. The Morgan fingerprint density at radius 3 is 2.88 bits per heavy atom. The molecule has 0 bridgehead atoms. The van der Waals surface area contributed by atoms with Gasteiger partial charge in [0.25, 0.3) is 0 Å². The lowest BCUT2D eigenvalue weighted by atomic mass is 10.1. The molecule has 1 aliphatic heterocycles. The zero-order valence-electron chi connectivity index (χ0n) is 15.1. The van der Waals surface area contributed by atoms with Crippen LogP contribution in [0.3, 0.4) is 0 Å². The molecular weight excluding hydrogens is 350 g/mol. The molecule has 26 heavy (non-hydrogen) atoms. The molecule has 4 rings (SSSR count). The third-order valence-corrected chi connectivity index (χ3v) is 4.71. The third-order valence-electron chi connectivity index (χ3n) is 4.71. The lowest BCUT2D eigenvalue weighted by molar-refractivity contribution is 0.358. The Morgan fingerprint density at radius 1 is 1.27 bits per heavy atom. The zero-order chi connectivity index (χ0) is 17.2. The van der Waals surface area contributed by atoms with Crippen LogP contribution in [-0.2, 0) is 13.0 Å². The largest absolute Gasteiger partial charge is 0.339 e. The van der Waals surface area contributed by atoms with Gasteiger partial charge in [0.2, 0.25) is 11.7 Å². The van der Waals surface area contributed by atoms with Crippen LogP contribution in [-0.4, -0.2) is 33.0 Å². The smallest absolute Gasteiger partial charge is 0.227 e. The van der Waals surface area contributed by atoms with Crippen LogP contribution < -0.4 is 5.32 Å². The second-order valence-corrected chi connectivity index (χ2v) is 6.86. The van der Waals surface area contributed by atoms with Gasteiger partial charge in [-0.2, -0.15) is 10.1 Å². The van der Waals surface area contributed by atoms with Crippen molar-refractivity contribution in [2.24, 2.45) is 5.92 Å². The Labute approximate surface area is 159 Å². The molecule has 0 saturated carbocycles. The fourth-order valence-corrected chi connectivity index (χ4v) is 3.41. The highest BCUT2D eigenvalue weighted by Crippen LogP contribution is 2.20. The van der Waals surface area contributed by atoms with Crippen LogP contribution in [0.25, 0.3) is 11.4 Å². The summed E-state index contributed by atoms with van der Waals surface area (Å²) in [6, 6.07) is 10.4. The number of hydrogen-bond donors (Lipinski definition) is 1. The molecule has 3 aromatic rings. The molecule has 3 heterocycles. The number of aryl methyl sites for hydroxylation is 2. The SMILES string of the molecule is Cc1cc(C)n(Cc2cccc(-c3noc(CC4CCNC4)n3)c2)n1.Cl. The maximum Gasteiger partial charge on any atom is 0.227 e. The molecule has 1 fully saturated rings. The molecule has 1 unspecified atom stereocenters. The van der Waals surface area contributed by atoms with E-state index in [-0.39, 0.29) is 12.4 Å². The van der Waals surface area contributed by atoms with Gasteiger partial charge in [0.05, 0.1) is 12.2 Å². The van der Waals surface area contributed by atoms with Crippen LogP contribution in [0.15, 0.2) is 34.9 Å². The minimum atomic E-state index is 0. The van der Waals surface area contributed by atoms with Crippen LogP contribution >= 0.6 is 12.4 Å². The first-order chi connectivity index (χ1) is 12.2. The van der Waals surface area contributed by atoms with Crippen molar-refractivity contribution < 1.29 is 4.52 Å². The Hall–Kier alpha value is -2.18. The standard InChI is InChI=1S/C19H23N5O.ClH/c1-13-8-14(2)24(22-13)12-16-4-3-5-17(9-16)19-21-18(25-23-19)10-15-6-7-20-11-15;/h3-5,8-9,15,20H,6-7,10-12H2,1-2H3;1H. The summed E-state index contributed by atoms with van der Waals surface area (Å²) in [5, 5.41) is 12.1. The van der Waals surface area contributed by atoms with E-state index in [2.05, 4.69) is 45.7 Å². The van der Waals surface area contributed by atoms with Gasteiger partial charge in [0.1, 0.15) is 0 Å². The quantitative estimate of drug-likeness (QED) is 0.743. The molecule has 0 aliphatic carbocycles. The molecule has 2 aromatic heterocycles. The maximum atomic E-state index is 5.46. The summed E-state index contributed by atoms with van der Waals surface area (Å²) in [5.74, 6) is 1.99. The van der Waals surface area contributed by atoms with Gasteiger partial charge in [-0.15, -0.1) is 12.4 Å². The van der Waals surface area contributed by atoms with Crippen molar-refractivity contribution in [2.75, 3.05) is 13.1 Å². The van der Waals surface area contributed by atoms with E-state index < -0.39 is 0 Å². The van der Waals surface area contributed by atoms with Gasteiger partial charge in [-0.3, -0.25) is 4.68 Å². The van der Waals surface area contributed by atoms with Crippen molar-refractivity contribution in [1.82, 2.24) is 25.2 Å². The highest BCUT2D eigenvalue weighted by Gasteiger charge is 2.19. The fourth-order valence-electron chi connectivity index (χ4n) is 3.41. The van der Waals surface area contributed by atoms with Crippen LogP contribution in [0.2, 0.25) is 0 Å². The Balaban J connectivity index is 0.00000196. The van der Waals surface area contributed by atoms with E-state index >= 15 is 0 Å². The van der Waals surface area contributed by atoms with Crippen molar-refractivity contribution in [3.8, 4) is 11.4 Å². The third kappa shape index (κ3) is 4.14. The lowest BCUT2D eigenvalue weighted by Crippen LogP contribution is -2.10. The summed E-state index contributed by atoms with van der Waals surface area (Å²) in [6.07, 6.45) is 2.03. The Kier molecular flexibility index (Phi) is 5.74. The van der Waals surface area contributed by atoms with Gasteiger partial charge >= 0.3 is 0 Å². The number of benzene rings is 1. The molecule has 138 valence electrons. The summed E-state index contributed by atoms with van der Waals surface area (Å²) in [4.78, 5) is 4.59. The first kappa shape index (κ1) is 18.6. The van der Waals surface area contributed by atoms with Gasteiger partial charge in [-0.05, 0) is 57.0 Å². The van der Waals surface area contributed by atoms with Crippen molar-refractivity contribution >= 4 is 12.4 Å². The van der Waals surface area contributed by atoms with Crippen molar-refractivity contribution in [1.29, 1.82) is 0 Å². The van der Waals surface area contributed by atoms with Gasteiger partial charge in [0.15, 0.2) is 0 Å². The van der Waals surface area contributed by atoms with E-state index in [1.807, 2.05) is 23.7 Å². The molecule has 1 aliphatic rings. The summed E-state index contributed by atoms with van der Waals surface area (Å²) >= 11 is 0. The van der Waals surface area contributed by atoms with Crippen LogP contribution in [0.4, 0.5) is 0 Å². The molecule has 1 saturated heterocycles. The minimum Gasteiger partial charge on any atom is -0.339 e. The fraction of sp³-hybridized carbons (Fsp3) is 0.421. The number of rotatable bonds is 5. The van der Waals surface area contributed by atoms with Gasteiger partial charge in [-0.1, -0.05) is 23.4 Å². The van der Waals surface area contributed by atoms with Gasteiger partial charge in [-0.25, -0.2) is 0 Å². The second-order valence-electron chi connectivity index (χ2n) is 6.86. The molecule has 6 nitrogen and oxygen atoms in total. The lowest BCUT2D eigenvalue weighted by Gasteiger charge is -2.05.